The number of rotatable bonds is 5. The summed E-state index contributed by atoms with van der Waals surface area (Å²) in [7, 11) is 0. The summed E-state index contributed by atoms with van der Waals surface area (Å²) in [5.74, 6) is 2.20. The van der Waals surface area contributed by atoms with Gasteiger partial charge in [-0.3, -0.25) is 0 Å². The summed E-state index contributed by atoms with van der Waals surface area (Å²) in [6.45, 7) is 4.61. The van der Waals surface area contributed by atoms with Crippen LogP contribution in [-0.2, 0) is 6.42 Å². The Bertz CT molecular complexity index is 361. The van der Waals surface area contributed by atoms with Crippen LogP contribution in [0.2, 0.25) is 0 Å². The maximum Gasteiger partial charge on any atom is 0.220 e. The van der Waals surface area contributed by atoms with Crippen LogP contribution in [0.1, 0.15) is 44.0 Å². The second-order valence-electron chi connectivity index (χ2n) is 4.54. The van der Waals surface area contributed by atoms with E-state index in [1.54, 1.807) is 0 Å². The fourth-order valence-corrected chi connectivity index (χ4v) is 1.59. The molecule has 16 heavy (non-hydrogen) atoms. The molecule has 1 heterocycles. The molecule has 4 nitrogen and oxygen atoms in total. The summed E-state index contributed by atoms with van der Waals surface area (Å²) >= 11 is 0. The highest BCUT2D eigenvalue weighted by atomic mass is 16.5. The quantitative estimate of drug-likeness (QED) is 0.821. The fourth-order valence-electron chi connectivity index (χ4n) is 1.59. The van der Waals surface area contributed by atoms with E-state index in [1.807, 2.05) is 20.0 Å². The predicted octanol–water partition coefficient (Wildman–Crippen LogP) is 1.64. The van der Waals surface area contributed by atoms with Gasteiger partial charge in [0.25, 0.3) is 0 Å². The van der Waals surface area contributed by atoms with Crippen molar-refractivity contribution in [2.45, 2.75) is 45.1 Å². The maximum atomic E-state index is 5.71. The molecule has 0 radical (unpaired) electrons. The molecule has 0 bridgehead atoms. The van der Waals surface area contributed by atoms with Gasteiger partial charge in [-0.25, -0.2) is 4.98 Å². The van der Waals surface area contributed by atoms with E-state index >= 15 is 0 Å². The second-order valence-corrected chi connectivity index (χ2v) is 4.54. The lowest BCUT2D eigenvalue weighted by Crippen LogP contribution is -2.13. The van der Waals surface area contributed by atoms with Crippen LogP contribution in [0.4, 0.5) is 0 Å². The molecule has 1 aromatic rings. The number of hydrogen-bond donors (Lipinski definition) is 1. The number of nitrogens with zero attached hydrogens (tertiary/aromatic N) is 2. The third-order valence-corrected chi connectivity index (χ3v) is 2.55. The molecule has 0 unspecified atom stereocenters. The molecule has 1 aliphatic carbocycles. The summed E-state index contributed by atoms with van der Waals surface area (Å²) in [4.78, 5) is 8.89. The number of aromatic nitrogens is 2. The van der Waals surface area contributed by atoms with Crippen molar-refractivity contribution in [1.29, 1.82) is 0 Å². The molecule has 0 spiro atoms. The number of ether oxygens (including phenoxy) is 1. The van der Waals surface area contributed by atoms with Crippen molar-refractivity contribution in [2.24, 2.45) is 5.73 Å². The Morgan fingerprint density at radius 3 is 2.81 bits per heavy atom. The Kier molecular flexibility index (Phi) is 3.39. The van der Waals surface area contributed by atoms with Gasteiger partial charge < -0.3 is 10.5 Å². The van der Waals surface area contributed by atoms with E-state index in [-0.39, 0.29) is 6.10 Å². The van der Waals surface area contributed by atoms with Gasteiger partial charge in [0.2, 0.25) is 5.88 Å². The normalized spacial score (nSPS) is 15.5. The van der Waals surface area contributed by atoms with Gasteiger partial charge in [0, 0.05) is 17.7 Å². The highest BCUT2D eigenvalue weighted by Gasteiger charge is 2.27. The first kappa shape index (κ1) is 11.3. The third-order valence-electron chi connectivity index (χ3n) is 2.55. The summed E-state index contributed by atoms with van der Waals surface area (Å²) in [5, 5.41) is 0. The monoisotopic (exact) mass is 221 g/mol. The number of nitrogens with two attached hydrogens (primary N) is 1. The molecule has 2 N–H and O–H groups in total. The molecule has 1 aliphatic rings. The molecule has 1 aromatic heterocycles. The first-order chi connectivity index (χ1) is 7.70. The minimum Gasteiger partial charge on any atom is -0.475 e. The minimum absolute atomic E-state index is 0.137. The van der Waals surface area contributed by atoms with Gasteiger partial charge in [-0.15, -0.1) is 0 Å². The van der Waals surface area contributed by atoms with Gasteiger partial charge in [-0.1, -0.05) is 0 Å². The fraction of sp³-hybridized carbons (Fsp3) is 0.667. The lowest BCUT2D eigenvalue weighted by Gasteiger charge is -2.13. The minimum atomic E-state index is 0.137. The van der Waals surface area contributed by atoms with Crippen LogP contribution < -0.4 is 10.5 Å². The van der Waals surface area contributed by atoms with E-state index in [1.165, 1.54) is 12.8 Å². The van der Waals surface area contributed by atoms with Gasteiger partial charge in [0.05, 0.1) is 6.10 Å². The zero-order valence-corrected chi connectivity index (χ0v) is 9.94. The molecule has 1 saturated carbocycles. The highest BCUT2D eigenvalue weighted by Crippen LogP contribution is 2.38. The third kappa shape index (κ3) is 2.70. The van der Waals surface area contributed by atoms with Crippen LogP contribution in [0.5, 0.6) is 5.88 Å². The van der Waals surface area contributed by atoms with Crippen molar-refractivity contribution in [3.63, 3.8) is 0 Å². The zero-order valence-electron chi connectivity index (χ0n) is 9.94. The maximum absolute atomic E-state index is 5.71. The Morgan fingerprint density at radius 2 is 2.25 bits per heavy atom. The predicted molar refractivity (Wildman–Crippen MR) is 62.5 cm³/mol. The number of hydrogen-bond acceptors (Lipinski definition) is 4. The van der Waals surface area contributed by atoms with Gasteiger partial charge in [0.1, 0.15) is 5.82 Å². The molecule has 4 heteroatoms. The average molecular weight is 221 g/mol. The average Bonchev–Trinajstić information content (AvgIpc) is 3.03. The second kappa shape index (κ2) is 4.78. The summed E-state index contributed by atoms with van der Waals surface area (Å²) in [6.07, 6.45) is 5.19. The van der Waals surface area contributed by atoms with Crippen molar-refractivity contribution < 1.29 is 4.74 Å². The van der Waals surface area contributed by atoms with Gasteiger partial charge in [0.15, 0.2) is 0 Å². The van der Waals surface area contributed by atoms with E-state index in [4.69, 9.17) is 10.5 Å². The van der Waals surface area contributed by atoms with Crippen molar-refractivity contribution in [3.8, 4) is 5.88 Å². The molecule has 0 aliphatic heterocycles. The van der Waals surface area contributed by atoms with Crippen LogP contribution in [0.3, 0.4) is 0 Å². The van der Waals surface area contributed by atoms with Crippen molar-refractivity contribution in [3.05, 3.63) is 17.6 Å². The Labute approximate surface area is 96.2 Å². The molecule has 0 saturated heterocycles. The van der Waals surface area contributed by atoms with Gasteiger partial charge in [-0.2, -0.15) is 4.98 Å². The Balaban J connectivity index is 2.22. The lowest BCUT2D eigenvalue weighted by molar-refractivity contribution is 0.228. The standard InChI is InChI=1S/C12H19N3O/c1-8(2)16-12-10(5-6-13)7-14-11(15-12)9-3-4-9/h7-9H,3-6,13H2,1-2H3. The molecule has 0 aromatic carbocycles. The molecule has 88 valence electrons. The molecule has 1 fully saturated rings. The first-order valence-corrected chi connectivity index (χ1v) is 5.93. The Hall–Kier alpha value is -1.16. The lowest BCUT2D eigenvalue weighted by atomic mass is 10.2. The Morgan fingerprint density at radius 1 is 1.50 bits per heavy atom. The first-order valence-electron chi connectivity index (χ1n) is 5.93. The summed E-state index contributed by atoms with van der Waals surface area (Å²) < 4.78 is 5.71. The highest BCUT2D eigenvalue weighted by molar-refractivity contribution is 5.26. The van der Waals surface area contributed by atoms with E-state index in [2.05, 4.69) is 9.97 Å². The van der Waals surface area contributed by atoms with Crippen molar-refractivity contribution in [1.82, 2.24) is 9.97 Å². The molecular weight excluding hydrogens is 202 g/mol. The van der Waals surface area contributed by atoms with Crippen LogP contribution in [0, 0.1) is 0 Å². The van der Waals surface area contributed by atoms with Crippen LogP contribution in [-0.4, -0.2) is 22.6 Å². The van der Waals surface area contributed by atoms with E-state index < -0.39 is 0 Å². The molecule has 2 rings (SSSR count). The molecule has 0 amide bonds. The summed E-state index contributed by atoms with van der Waals surface area (Å²) in [6, 6.07) is 0. The van der Waals surface area contributed by atoms with E-state index in [9.17, 15) is 0 Å². The molecular formula is C12H19N3O. The van der Waals surface area contributed by atoms with Gasteiger partial charge in [-0.05, 0) is 39.7 Å². The van der Waals surface area contributed by atoms with Crippen molar-refractivity contribution in [2.75, 3.05) is 6.54 Å². The topological polar surface area (TPSA) is 61.0 Å². The van der Waals surface area contributed by atoms with Crippen LogP contribution in [0.15, 0.2) is 6.20 Å². The SMILES string of the molecule is CC(C)Oc1nc(C2CC2)ncc1CCN. The van der Waals surface area contributed by atoms with Gasteiger partial charge >= 0.3 is 0 Å². The van der Waals surface area contributed by atoms with E-state index in [0.717, 1.165) is 23.7 Å². The van der Waals surface area contributed by atoms with E-state index in [0.29, 0.717) is 12.5 Å². The van der Waals surface area contributed by atoms with Crippen LogP contribution in [0.25, 0.3) is 0 Å². The summed E-state index contributed by atoms with van der Waals surface area (Å²) in [5.41, 5.74) is 6.57. The molecule has 0 atom stereocenters. The van der Waals surface area contributed by atoms with Crippen LogP contribution >= 0.6 is 0 Å². The van der Waals surface area contributed by atoms with Crippen molar-refractivity contribution >= 4 is 0 Å². The zero-order chi connectivity index (χ0) is 11.5. The largest absolute Gasteiger partial charge is 0.475 e. The smallest absolute Gasteiger partial charge is 0.220 e.